The highest BCUT2D eigenvalue weighted by molar-refractivity contribution is 6.08. The molecule has 2 amide bonds. The third-order valence-corrected chi connectivity index (χ3v) is 4.73. The molecule has 9 heteroatoms. The zero-order valence-electron chi connectivity index (χ0n) is 16.7. The highest BCUT2D eigenvalue weighted by Crippen LogP contribution is 2.30. The third-order valence-electron chi connectivity index (χ3n) is 4.73. The monoisotopic (exact) mass is 420 g/mol. The SMILES string of the molecule is COc1cc(C2=NOC(C(=O)Nc3cccc4ncccc34)C2)ccc1OCC(N)=O. The number of nitrogens with two attached hydrogens (primary N) is 1. The van der Waals surface area contributed by atoms with Crippen molar-refractivity contribution in [3.8, 4) is 11.5 Å². The molecule has 0 fully saturated rings. The summed E-state index contributed by atoms with van der Waals surface area (Å²) in [6, 6.07) is 14.3. The van der Waals surface area contributed by atoms with Crippen molar-refractivity contribution < 1.29 is 23.9 Å². The summed E-state index contributed by atoms with van der Waals surface area (Å²) >= 11 is 0. The predicted molar refractivity (Wildman–Crippen MR) is 114 cm³/mol. The lowest BCUT2D eigenvalue weighted by Crippen LogP contribution is -2.28. The zero-order chi connectivity index (χ0) is 21.8. The first-order valence-electron chi connectivity index (χ1n) is 9.52. The van der Waals surface area contributed by atoms with Gasteiger partial charge in [0.25, 0.3) is 11.8 Å². The number of ether oxygens (including phenoxy) is 2. The number of benzene rings is 2. The number of primary amides is 1. The summed E-state index contributed by atoms with van der Waals surface area (Å²) in [4.78, 5) is 33.3. The molecule has 0 spiro atoms. The number of fused-ring (bicyclic) bond motifs is 1. The summed E-state index contributed by atoms with van der Waals surface area (Å²) in [5.41, 5.74) is 7.87. The molecule has 0 saturated carbocycles. The first kappa shape index (κ1) is 20.1. The van der Waals surface area contributed by atoms with Crippen LogP contribution in [-0.2, 0) is 14.4 Å². The van der Waals surface area contributed by atoms with Crippen LogP contribution in [0.25, 0.3) is 10.9 Å². The Labute approximate surface area is 177 Å². The summed E-state index contributed by atoms with van der Waals surface area (Å²) < 4.78 is 10.6. The van der Waals surface area contributed by atoms with Gasteiger partial charge in [-0.25, -0.2) is 0 Å². The highest BCUT2D eigenvalue weighted by Gasteiger charge is 2.29. The van der Waals surface area contributed by atoms with Crippen molar-refractivity contribution in [1.29, 1.82) is 0 Å². The van der Waals surface area contributed by atoms with E-state index in [1.807, 2.05) is 30.3 Å². The molecule has 1 aliphatic heterocycles. The fourth-order valence-electron chi connectivity index (χ4n) is 3.23. The average molecular weight is 420 g/mol. The van der Waals surface area contributed by atoms with Crippen LogP contribution in [0.3, 0.4) is 0 Å². The molecule has 3 aromatic rings. The number of rotatable bonds is 7. The lowest BCUT2D eigenvalue weighted by Gasteiger charge is -2.12. The first-order chi connectivity index (χ1) is 15.0. The maximum Gasteiger partial charge on any atom is 0.268 e. The molecular formula is C22H20N4O5. The van der Waals surface area contributed by atoms with E-state index in [1.54, 1.807) is 24.4 Å². The third kappa shape index (κ3) is 4.40. The maximum absolute atomic E-state index is 12.7. The van der Waals surface area contributed by atoms with Gasteiger partial charge < -0.3 is 25.4 Å². The van der Waals surface area contributed by atoms with E-state index in [2.05, 4.69) is 15.5 Å². The van der Waals surface area contributed by atoms with E-state index in [-0.39, 0.29) is 12.5 Å². The van der Waals surface area contributed by atoms with Gasteiger partial charge in [0.15, 0.2) is 18.1 Å². The number of oxime groups is 1. The van der Waals surface area contributed by atoms with E-state index in [9.17, 15) is 9.59 Å². The van der Waals surface area contributed by atoms with E-state index in [4.69, 9.17) is 20.0 Å². The Bertz CT molecular complexity index is 1170. The topological polar surface area (TPSA) is 125 Å². The molecule has 1 aromatic heterocycles. The Morgan fingerprint density at radius 1 is 1.19 bits per heavy atom. The number of hydrogen-bond acceptors (Lipinski definition) is 7. The van der Waals surface area contributed by atoms with E-state index in [0.717, 1.165) is 10.9 Å². The predicted octanol–water partition coefficient (Wildman–Crippen LogP) is 2.24. The van der Waals surface area contributed by atoms with Crippen LogP contribution >= 0.6 is 0 Å². The molecule has 2 heterocycles. The molecule has 1 aliphatic rings. The van der Waals surface area contributed by atoms with Gasteiger partial charge in [-0.05, 0) is 42.5 Å². The van der Waals surface area contributed by atoms with Gasteiger partial charge in [-0.15, -0.1) is 0 Å². The number of methoxy groups -OCH3 is 1. The fourth-order valence-corrected chi connectivity index (χ4v) is 3.23. The number of pyridine rings is 1. The number of hydrogen-bond donors (Lipinski definition) is 2. The molecule has 158 valence electrons. The number of amides is 2. The van der Waals surface area contributed by atoms with Crippen LogP contribution in [-0.4, -0.2) is 42.3 Å². The van der Waals surface area contributed by atoms with Crippen LogP contribution in [0, 0.1) is 0 Å². The van der Waals surface area contributed by atoms with E-state index in [1.165, 1.54) is 7.11 Å². The fraction of sp³-hybridized carbons (Fsp3) is 0.182. The van der Waals surface area contributed by atoms with E-state index < -0.39 is 12.0 Å². The summed E-state index contributed by atoms with van der Waals surface area (Å²) in [5.74, 6) is -0.0972. The Hall–Kier alpha value is -4.14. The number of nitrogens with zero attached hydrogens (tertiary/aromatic N) is 2. The molecule has 0 saturated heterocycles. The quantitative estimate of drug-likeness (QED) is 0.604. The van der Waals surface area contributed by atoms with Gasteiger partial charge >= 0.3 is 0 Å². The molecule has 0 bridgehead atoms. The standard InChI is InChI=1S/C22H20N4O5/c1-29-19-10-13(7-8-18(19)30-12-21(23)27)17-11-20(31-26-17)22(28)25-16-6-2-5-15-14(16)4-3-9-24-15/h2-10,20H,11-12H2,1H3,(H2,23,27)(H,25,28). The van der Waals surface area contributed by atoms with E-state index >= 15 is 0 Å². The summed E-state index contributed by atoms with van der Waals surface area (Å²) in [7, 11) is 1.48. The number of aromatic nitrogens is 1. The van der Waals surface area contributed by atoms with Crippen molar-refractivity contribution >= 4 is 34.1 Å². The van der Waals surface area contributed by atoms with E-state index in [0.29, 0.717) is 34.9 Å². The van der Waals surface area contributed by atoms with Crippen molar-refractivity contribution in [3.63, 3.8) is 0 Å². The Balaban J connectivity index is 1.45. The smallest absolute Gasteiger partial charge is 0.268 e. The summed E-state index contributed by atoms with van der Waals surface area (Å²) in [5, 5.41) is 7.80. The van der Waals surface area contributed by atoms with Crippen LogP contribution in [0.5, 0.6) is 11.5 Å². The molecule has 4 rings (SSSR count). The summed E-state index contributed by atoms with van der Waals surface area (Å²) in [6.45, 7) is -0.258. The summed E-state index contributed by atoms with van der Waals surface area (Å²) in [6.07, 6.45) is 1.23. The van der Waals surface area contributed by atoms with Gasteiger partial charge in [-0.2, -0.15) is 0 Å². The van der Waals surface area contributed by atoms with Crippen molar-refractivity contribution in [2.75, 3.05) is 19.0 Å². The van der Waals surface area contributed by atoms with Gasteiger partial charge in [0.05, 0.1) is 24.0 Å². The zero-order valence-corrected chi connectivity index (χ0v) is 16.7. The number of carbonyl (C=O) groups excluding carboxylic acids is 2. The minimum Gasteiger partial charge on any atom is -0.493 e. The number of anilines is 1. The van der Waals surface area contributed by atoms with Crippen LogP contribution in [0.15, 0.2) is 59.9 Å². The first-order valence-corrected chi connectivity index (χ1v) is 9.52. The van der Waals surface area contributed by atoms with Gasteiger partial charge in [-0.1, -0.05) is 11.2 Å². The Morgan fingerprint density at radius 3 is 2.87 bits per heavy atom. The van der Waals surface area contributed by atoms with Crippen LogP contribution in [0.1, 0.15) is 12.0 Å². The van der Waals surface area contributed by atoms with Gasteiger partial charge in [0, 0.05) is 23.6 Å². The van der Waals surface area contributed by atoms with Crippen molar-refractivity contribution in [2.45, 2.75) is 12.5 Å². The highest BCUT2D eigenvalue weighted by atomic mass is 16.6. The minimum absolute atomic E-state index is 0.258. The lowest BCUT2D eigenvalue weighted by atomic mass is 10.0. The Morgan fingerprint density at radius 2 is 2.06 bits per heavy atom. The molecule has 3 N–H and O–H groups in total. The average Bonchev–Trinajstić information content (AvgIpc) is 3.28. The van der Waals surface area contributed by atoms with Gasteiger partial charge in [-0.3, -0.25) is 14.6 Å². The molecule has 31 heavy (non-hydrogen) atoms. The van der Waals surface area contributed by atoms with Gasteiger partial charge in [0.1, 0.15) is 0 Å². The van der Waals surface area contributed by atoms with Crippen molar-refractivity contribution in [1.82, 2.24) is 4.98 Å². The Kier molecular flexibility index (Phi) is 5.65. The second kappa shape index (κ2) is 8.70. The molecule has 0 aliphatic carbocycles. The van der Waals surface area contributed by atoms with Crippen LogP contribution in [0.4, 0.5) is 5.69 Å². The maximum atomic E-state index is 12.7. The largest absolute Gasteiger partial charge is 0.493 e. The van der Waals surface area contributed by atoms with Crippen LogP contribution in [0.2, 0.25) is 0 Å². The molecule has 9 nitrogen and oxygen atoms in total. The molecule has 1 unspecified atom stereocenters. The van der Waals surface area contributed by atoms with Crippen LogP contribution < -0.4 is 20.5 Å². The van der Waals surface area contributed by atoms with Crippen molar-refractivity contribution in [3.05, 3.63) is 60.3 Å². The minimum atomic E-state index is -0.765. The number of carbonyl (C=O) groups is 2. The second-order valence-corrected chi connectivity index (χ2v) is 6.82. The second-order valence-electron chi connectivity index (χ2n) is 6.82. The molecule has 0 radical (unpaired) electrons. The lowest BCUT2D eigenvalue weighted by molar-refractivity contribution is -0.125. The molecule has 2 aromatic carbocycles. The normalized spacial score (nSPS) is 15.1. The molecule has 1 atom stereocenters. The number of nitrogens with one attached hydrogen (secondary N) is 1. The molecular weight excluding hydrogens is 400 g/mol. The van der Waals surface area contributed by atoms with Gasteiger partial charge in [0.2, 0.25) is 6.10 Å². The van der Waals surface area contributed by atoms with Crippen molar-refractivity contribution in [2.24, 2.45) is 10.9 Å².